The predicted molar refractivity (Wildman–Crippen MR) is 81.8 cm³/mol. The lowest BCUT2D eigenvalue weighted by Crippen LogP contribution is -2.35. The molecule has 1 heterocycles. The number of carbonyl (C=O) groups excluding carboxylic acids is 1. The Kier molecular flexibility index (Phi) is 5.00. The Hall–Kier alpha value is -0.620. The Balaban J connectivity index is 1.85. The molecule has 1 fully saturated rings. The summed E-state index contributed by atoms with van der Waals surface area (Å²) < 4.78 is 1.16. The van der Waals surface area contributed by atoms with Crippen LogP contribution in [0.3, 0.4) is 0 Å². The van der Waals surface area contributed by atoms with E-state index in [1.807, 2.05) is 36.2 Å². The third kappa shape index (κ3) is 3.68. The summed E-state index contributed by atoms with van der Waals surface area (Å²) in [6, 6.07) is 7.75. The molecule has 0 aromatic heterocycles. The molecule has 98 valence electrons. The fraction of sp³-hybridized carbons (Fsp3) is 0.500. The van der Waals surface area contributed by atoms with Crippen molar-refractivity contribution in [3.8, 4) is 0 Å². The van der Waals surface area contributed by atoms with Crippen LogP contribution in [-0.4, -0.2) is 48.9 Å². The highest BCUT2D eigenvalue weighted by atomic mass is 127. The molecule has 0 N–H and O–H groups in total. The lowest BCUT2D eigenvalue weighted by Gasteiger charge is -2.21. The van der Waals surface area contributed by atoms with Gasteiger partial charge in [0.2, 0.25) is 0 Å². The smallest absolute Gasteiger partial charge is 0.253 e. The number of benzene rings is 1. The van der Waals surface area contributed by atoms with Crippen molar-refractivity contribution in [1.82, 2.24) is 9.80 Å². The van der Waals surface area contributed by atoms with Crippen LogP contribution >= 0.6 is 22.6 Å². The van der Waals surface area contributed by atoms with Gasteiger partial charge in [-0.15, -0.1) is 0 Å². The number of rotatable bonds is 4. The zero-order valence-electron chi connectivity index (χ0n) is 10.7. The minimum Gasteiger partial charge on any atom is -0.340 e. The highest BCUT2D eigenvalue weighted by molar-refractivity contribution is 14.1. The Morgan fingerprint density at radius 1 is 1.28 bits per heavy atom. The van der Waals surface area contributed by atoms with Gasteiger partial charge in [0, 0.05) is 29.3 Å². The van der Waals surface area contributed by atoms with Gasteiger partial charge in [0.1, 0.15) is 0 Å². The fourth-order valence-corrected chi connectivity index (χ4v) is 2.57. The molecule has 1 aromatic carbocycles. The van der Waals surface area contributed by atoms with E-state index in [2.05, 4.69) is 27.5 Å². The number of nitrogens with zero attached hydrogens (tertiary/aromatic N) is 2. The van der Waals surface area contributed by atoms with E-state index in [-0.39, 0.29) is 5.91 Å². The van der Waals surface area contributed by atoms with Gasteiger partial charge >= 0.3 is 0 Å². The molecule has 0 aliphatic carbocycles. The molecule has 18 heavy (non-hydrogen) atoms. The summed E-state index contributed by atoms with van der Waals surface area (Å²) in [5.41, 5.74) is 0.777. The van der Waals surface area contributed by atoms with Crippen molar-refractivity contribution in [2.24, 2.45) is 0 Å². The molecule has 0 saturated carbocycles. The van der Waals surface area contributed by atoms with Crippen LogP contribution in [0, 0.1) is 3.57 Å². The highest BCUT2D eigenvalue weighted by Crippen LogP contribution is 2.10. The Labute approximate surface area is 122 Å². The number of likely N-dealkylation sites (tertiary alicyclic amines) is 1. The number of likely N-dealkylation sites (N-methyl/N-ethyl adjacent to an activating group) is 1. The van der Waals surface area contributed by atoms with Crippen molar-refractivity contribution in [1.29, 1.82) is 0 Å². The maximum absolute atomic E-state index is 12.2. The van der Waals surface area contributed by atoms with Crippen LogP contribution in [0.1, 0.15) is 23.2 Å². The molecule has 2 rings (SSSR count). The summed E-state index contributed by atoms with van der Waals surface area (Å²) in [6.07, 6.45) is 2.60. The molecule has 3 nitrogen and oxygen atoms in total. The summed E-state index contributed by atoms with van der Waals surface area (Å²) in [4.78, 5) is 16.4. The third-order valence-corrected chi connectivity index (χ3v) is 4.11. The minimum atomic E-state index is 0.116. The number of halogens is 1. The Morgan fingerprint density at radius 3 is 2.50 bits per heavy atom. The van der Waals surface area contributed by atoms with Gasteiger partial charge < -0.3 is 9.80 Å². The molecule has 1 aliphatic heterocycles. The normalized spacial score (nSPS) is 15.9. The van der Waals surface area contributed by atoms with Crippen molar-refractivity contribution in [3.05, 3.63) is 33.4 Å². The summed E-state index contributed by atoms with van der Waals surface area (Å²) in [7, 11) is 1.89. The fourth-order valence-electron chi connectivity index (χ4n) is 2.21. The second-order valence-electron chi connectivity index (χ2n) is 4.78. The van der Waals surface area contributed by atoms with Crippen molar-refractivity contribution < 1.29 is 4.79 Å². The van der Waals surface area contributed by atoms with Crippen molar-refractivity contribution in [3.63, 3.8) is 0 Å². The molecular weight excluding hydrogens is 339 g/mol. The Bertz CT molecular complexity index is 399. The van der Waals surface area contributed by atoms with E-state index in [1.165, 1.54) is 25.9 Å². The summed E-state index contributed by atoms with van der Waals surface area (Å²) >= 11 is 2.25. The zero-order valence-corrected chi connectivity index (χ0v) is 12.9. The largest absolute Gasteiger partial charge is 0.340 e. The molecule has 4 heteroatoms. The molecule has 0 unspecified atom stereocenters. The Morgan fingerprint density at radius 2 is 1.89 bits per heavy atom. The van der Waals surface area contributed by atoms with Gasteiger partial charge in [0.15, 0.2) is 0 Å². The van der Waals surface area contributed by atoms with E-state index < -0.39 is 0 Å². The van der Waals surface area contributed by atoms with Gasteiger partial charge in [-0.3, -0.25) is 4.79 Å². The summed E-state index contributed by atoms with van der Waals surface area (Å²) in [5, 5.41) is 0. The van der Waals surface area contributed by atoms with Gasteiger partial charge in [-0.05, 0) is 72.8 Å². The second-order valence-corrected chi connectivity index (χ2v) is 6.03. The van der Waals surface area contributed by atoms with Crippen LogP contribution in [0.4, 0.5) is 0 Å². The van der Waals surface area contributed by atoms with Gasteiger partial charge in [0.25, 0.3) is 5.91 Å². The highest BCUT2D eigenvalue weighted by Gasteiger charge is 2.15. The topological polar surface area (TPSA) is 23.6 Å². The summed E-state index contributed by atoms with van der Waals surface area (Å²) in [5.74, 6) is 0.116. The average Bonchev–Trinajstić information content (AvgIpc) is 2.89. The maximum atomic E-state index is 12.2. The molecule has 1 aromatic rings. The van der Waals surface area contributed by atoms with E-state index >= 15 is 0 Å². The molecule has 0 atom stereocenters. The quantitative estimate of drug-likeness (QED) is 0.772. The van der Waals surface area contributed by atoms with Crippen LogP contribution in [0.15, 0.2) is 24.3 Å². The number of hydrogen-bond acceptors (Lipinski definition) is 2. The first-order chi connectivity index (χ1) is 8.66. The lowest BCUT2D eigenvalue weighted by atomic mass is 10.2. The molecule has 0 radical (unpaired) electrons. The van der Waals surface area contributed by atoms with Crippen molar-refractivity contribution in [2.75, 3.05) is 33.2 Å². The summed E-state index contributed by atoms with van der Waals surface area (Å²) in [6.45, 7) is 4.18. The third-order valence-electron chi connectivity index (χ3n) is 3.39. The van der Waals surface area contributed by atoms with Gasteiger partial charge in [-0.1, -0.05) is 0 Å². The SMILES string of the molecule is CN(CCN1CCCC1)C(=O)c1ccc(I)cc1. The molecular formula is C14H19IN2O. The van der Waals surface area contributed by atoms with Crippen LogP contribution in [0.2, 0.25) is 0 Å². The number of amides is 1. The maximum Gasteiger partial charge on any atom is 0.253 e. The van der Waals surface area contributed by atoms with Gasteiger partial charge in [-0.25, -0.2) is 0 Å². The lowest BCUT2D eigenvalue weighted by molar-refractivity contribution is 0.0782. The molecule has 1 amide bonds. The first-order valence-electron chi connectivity index (χ1n) is 6.40. The van der Waals surface area contributed by atoms with E-state index in [1.54, 1.807) is 0 Å². The van der Waals surface area contributed by atoms with E-state index in [0.717, 1.165) is 22.2 Å². The van der Waals surface area contributed by atoms with Gasteiger partial charge in [0.05, 0.1) is 0 Å². The number of carbonyl (C=O) groups is 1. The zero-order chi connectivity index (χ0) is 13.0. The van der Waals surface area contributed by atoms with Crippen LogP contribution < -0.4 is 0 Å². The average molecular weight is 358 g/mol. The minimum absolute atomic E-state index is 0.116. The van der Waals surface area contributed by atoms with Crippen LogP contribution in [0.5, 0.6) is 0 Å². The van der Waals surface area contributed by atoms with Crippen molar-refractivity contribution >= 4 is 28.5 Å². The van der Waals surface area contributed by atoms with Crippen molar-refractivity contribution in [2.45, 2.75) is 12.8 Å². The van der Waals surface area contributed by atoms with E-state index in [0.29, 0.717) is 0 Å². The predicted octanol–water partition coefficient (Wildman–Crippen LogP) is 2.46. The van der Waals surface area contributed by atoms with Crippen LogP contribution in [-0.2, 0) is 0 Å². The first-order valence-corrected chi connectivity index (χ1v) is 7.48. The van der Waals surface area contributed by atoms with Gasteiger partial charge in [-0.2, -0.15) is 0 Å². The van der Waals surface area contributed by atoms with E-state index in [9.17, 15) is 4.79 Å². The second kappa shape index (κ2) is 6.52. The standard InChI is InChI=1S/C14H19IN2O/c1-16(10-11-17-8-2-3-9-17)14(18)12-4-6-13(15)7-5-12/h4-7H,2-3,8-11H2,1H3. The first kappa shape index (κ1) is 13.8. The molecule has 0 spiro atoms. The number of hydrogen-bond donors (Lipinski definition) is 0. The molecule has 1 saturated heterocycles. The molecule has 0 bridgehead atoms. The molecule has 1 aliphatic rings. The van der Waals surface area contributed by atoms with Crippen LogP contribution in [0.25, 0.3) is 0 Å². The van der Waals surface area contributed by atoms with E-state index in [4.69, 9.17) is 0 Å². The monoisotopic (exact) mass is 358 g/mol.